The number of ether oxygens (including phenoxy) is 1. The highest BCUT2D eigenvalue weighted by atomic mass is 16.5. The summed E-state index contributed by atoms with van der Waals surface area (Å²) in [6, 6.07) is 1.97. The summed E-state index contributed by atoms with van der Waals surface area (Å²) in [5.74, 6) is 2.48. The van der Waals surface area contributed by atoms with E-state index in [4.69, 9.17) is 4.74 Å². The van der Waals surface area contributed by atoms with Gasteiger partial charge in [0.15, 0.2) is 5.82 Å². The molecule has 2 rings (SSSR count). The molecule has 0 bridgehead atoms. The number of aromatic nitrogens is 2. The predicted octanol–water partition coefficient (Wildman–Crippen LogP) is 2.53. The van der Waals surface area contributed by atoms with Crippen molar-refractivity contribution >= 4 is 5.82 Å². The Bertz CT molecular complexity index is 364. The van der Waals surface area contributed by atoms with Crippen molar-refractivity contribution in [2.75, 3.05) is 18.5 Å². The molecule has 1 saturated carbocycles. The lowest BCUT2D eigenvalue weighted by atomic mass is 10.4. The molecule has 1 aliphatic carbocycles. The summed E-state index contributed by atoms with van der Waals surface area (Å²) >= 11 is 0. The number of hydrogen-bond acceptors (Lipinski definition) is 4. The van der Waals surface area contributed by atoms with E-state index in [-0.39, 0.29) is 0 Å². The molecule has 1 fully saturated rings. The second-order valence-electron chi connectivity index (χ2n) is 4.70. The molecule has 4 heteroatoms. The molecule has 0 atom stereocenters. The van der Waals surface area contributed by atoms with Crippen LogP contribution in [0.5, 0.6) is 0 Å². The molecule has 1 aromatic rings. The first-order valence-corrected chi connectivity index (χ1v) is 6.44. The first-order chi connectivity index (χ1) is 8.28. The fraction of sp³-hybridized carbons (Fsp3) is 0.692. The smallest absolute Gasteiger partial charge is 0.156 e. The molecule has 0 aliphatic heterocycles. The summed E-state index contributed by atoms with van der Waals surface area (Å²) in [5, 5.41) is 3.28. The van der Waals surface area contributed by atoms with Gasteiger partial charge in [0, 0.05) is 24.9 Å². The molecule has 0 saturated heterocycles. The van der Waals surface area contributed by atoms with Gasteiger partial charge < -0.3 is 10.1 Å². The first kappa shape index (κ1) is 12.3. The number of nitrogens with one attached hydrogen (secondary N) is 1. The Morgan fingerprint density at radius 2 is 2.24 bits per heavy atom. The Morgan fingerprint density at radius 3 is 2.94 bits per heavy atom. The summed E-state index contributed by atoms with van der Waals surface area (Å²) in [6.45, 7) is 6.46. The van der Waals surface area contributed by atoms with Gasteiger partial charge in [0.25, 0.3) is 0 Å². The van der Waals surface area contributed by atoms with Crippen LogP contribution in [-0.4, -0.2) is 23.1 Å². The molecular formula is C13H21N3O. The van der Waals surface area contributed by atoms with Crippen molar-refractivity contribution in [2.45, 2.75) is 39.7 Å². The fourth-order valence-electron chi connectivity index (χ4n) is 1.64. The lowest BCUT2D eigenvalue weighted by Gasteiger charge is -2.08. The van der Waals surface area contributed by atoms with Crippen LogP contribution >= 0.6 is 0 Å². The van der Waals surface area contributed by atoms with Crippen LogP contribution in [0.1, 0.15) is 37.7 Å². The van der Waals surface area contributed by atoms with Crippen LogP contribution in [0, 0.1) is 12.8 Å². The Hall–Kier alpha value is -1.16. The van der Waals surface area contributed by atoms with Gasteiger partial charge in [-0.1, -0.05) is 6.92 Å². The summed E-state index contributed by atoms with van der Waals surface area (Å²) in [5.41, 5.74) is 0.989. The van der Waals surface area contributed by atoms with E-state index < -0.39 is 0 Å². The number of nitrogens with zero attached hydrogens (tertiary/aromatic N) is 2. The molecule has 1 aromatic heterocycles. The molecule has 0 amide bonds. The average molecular weight is 235 g/mol. The first-order valence-electron chi connectivity index (χ1n) is 6.44. The highest BCUT2D eigenvalue weighted by Crippen LogP contribution is 2.28. The minimum absolute atomic E-state index is 0.527. The van der Waals surface area contributed by atoms with E-state index in [0.29, 0.717) is 6.61 Å². The van der Waals surface area contributed by atoms with E-state index in [0.717, 1.165) is 42.8 Å². The number of aryl methyl sites for hydroxylation is 1. The lowest BCUT2D eigenvalue weighted by molar-refractivity contribution is 0.106. The number of anilines is 1. The molecule has 0 aromatic carbocycles. The highest BCUT2D eigenvalue weighted by molar-refractivity contribution is 5.35. The molecule has 0 radical (unpaired) electrons. The van der Waals surface area contributed by atoms with Gasteiger partial charge >= 0.3 is 0 Å². The van der Waals surface area contributed by atoms with E-state index in [1.165, 1.54) is 12.8 Å². The van der Waals surface area contributed by atoms with Gasteiger partial charge in [0.2, 0.25) is 0 Å². The third-order valence-electron chi connectivity index (χ3n) is 2.74. The third kappa shape index (κ3) is 4.30. The van der Waals surface area contributed by atoms with Crippen molar-refractivity contribution in [1.29, 1.82) is 0 Å². The second kappa shape index (κ2) is 5.96. The van der Waals surface area contributed by atoms with Crippen molar-refractivity contribution < 1.29 is 4.74 Å². The zero-order valence-electron chi connectivity index (χ0n) is 10.7. The minimum atomic E-state index is 0.527. The fourth-order valence-corrected chi connectivity index (χ4v) is 1.64. The standard InChI is InChI=1S/C13H21N3O/c1-3-6-14-12-7-10(2)15-13(16-12)9-17-8-11-4-5-11/h7,11H,3-6,8-9H2,1-2H3,(H,14,15,16). The zero-order valence-corrected chi connectivity index (χ0v) is 10.7. The minimum Gasteiger partial charge on any atom is -0.373 e. The summed E-state index contributed by atoms with van der Waals surface area (Å²) in [4.78, 5) is 8.82. The van der Waals surface area contributed by atoms with Crippen molar-refractivity contribution in [3.63, 3.8) is 0 Å². The average Bonchev–Trinajstić information content (AvgIpc) is 3.10. The SMILES string of the molecule is CCCNc1cc(C)nc(COCC2CC2)n1. The quantitative estimate of drug-likeness (QED) is 0.789. The van der Waals surface area contributed by atoms with Crippen molar-refractivity contribution in [1.82, 2.24) is 9.97 Å². The maximum atomic E-state index is 5.61. The van der Waals surface area contributed by atoms with Gasteiger partial charge in [0.05, 0.1) is 0 Å². The number of rotatable bonds is 7. The lowest BCUT2D eigenvalue weighted by Crippen LogP contribution is -2.08. The largest absolute Gasteiger partial charge is 0.373 e. The summed E-state index contributed by atoms with van der Waals surface area (Å²) in [6.07, 6.45) is 3.73. The Morgan fingerprint density at radius 1 is 1.41 bits per heavy atom. The van der Waals surface area contributed by atoms with Gasteiger partial charge in [-0.3, -0.25) is 0 Å². The van der Waals surface area contributed by atoms with E-state index in [1.54, 1.807) is 0 Å². The van der Waals surface area contributed by atoms with Gasteiger partial charge in [-0.2, -0.15) is 0 Å². The molecule has 1 aliphatic rings. The van der Waals surface area contributed by atoms with Crippen molar-refractivity contribution in [3.8, 4) is 0 Å². The van der Waals surface area contributed by atoms with Crippen LogP contribution in [0.25, 0.3) is 0 Å². The molecule has 1 N–H and O–H groups in total. The molecule has 0 spiro atoms. The Labute approximate surface area is 103 Å². The van der Waals surface area contributed by atoms with Crippen molar-refractivity contribution in [3.05, 3.63) is 17.6 Å². The normalized spacial score (nSPS) is 14.9. The maximum Gasteiger partial charge on any atom is 0.156 e. The van der Waals surface area contributed by atoms with Crippen LogP contribution in [-0.2, 0) is 11.3 Å². The Balaban J connectivity index is 1.87. The molecule has 17 heavy (non-hydrogen) atoms. The molecule has 1 heterocycles. The summed E-state index contributed by atoms with van der Waals surface area (Å²) in [7, 11) is 0. The predicted molar refractivity (Wildman–Crippen MR) is 67.9 cm³/mol. The maximum absolute atomic E-state index is 5.61. The third-order valence-corrected chi connectivity index (χ3v) is 2.74. The van der Waals surface area contributed by atoms with Gasteiger partial charge in [-0.05, 0) is 32.1 Å². The topological polar surface area (TPSA) is 47.0 Å². The van der Waals surface area contributed by atoms with Gasteiger partial charge in [-0.15, -0.1) is 0 Å². The zero-order chi connectivity index (χ0) is 12.1. The summed E-state index contributed by atoms with van der Waals surface area (Å²) < 4.78 is 5.61. The second-order valence-corrected chi connectivity index (χ2v) is 4.70. The Kier molecular flexibility index (Phi) is 4.31. The molecule has 94 valence electrons. The van der Waals surface area contributed by atoms with Crippen LogP contribution in [0.4, 0.5) is 5.82 Å². The molecular weight excluding hydrogens is 214 g/mol. The molecule has 0 unspecified atom stereocenters. The monoisotopic (exact) mass is 235 g/mol. The van der Waals surface area contributed by atoms with Gasteiger partial charge in [0.1, 0.15) is 12.4 Å². The van der Waals surface area contributed by atoms with E-state index >= 15 is 0 Å². The van der Waals surface area contributed by atoms with Crippen molar-refractivity contribution in [2.24, 2.45) is 5.92 Å². The van der Waals surface area contributed by atoms with Gasteiger partial charge in [-0.25, -0.2) is 9.97 Å². The van der Waals surface area contributed by atoms with Crippen LogP contribution in [0.3, 0.4) is 0 Å². The van der Waals surface area contributed by atoms with Crippen LogP contribution < -0.4 is 5.32 Å². The van der Waals surface area contributed by atoms with E-state index in [2.05, 4.69) is 22.2 Å². The van der Waals surface area contributed by atoms with Crippen LogP contribution in [0.2, 0.25) is 0 Å². The van der Waals surface area contributed by atoms with Crippen LogP contribution in [0.15, 0.2) is 6.07 Å². The highest BCUT2D eigenvalue weighted by Gasteiger charge is 2.21. The molecule has 4 nitrogen and oxygen atoms in total. The number of hydrogen-bond donors (Lipinski definition) is 1. The van der Waals surface area contributed by atoms with E-state index in [9.17, 15) is 0 Å². The van der Waals surface area contributed by atoms with E-state index in [1.807, 2.05) is 13.0 Å².